The summed E-state index contributed by atoms with van der Waals surface area (Å²) < 4.78 is 10.4. The molecule has 0 spiro atoms. The van der Waals surface area contributed by atoms with E-state index in [1.165, 1.54) is 6.21 Å². The summed E-state index contributed by atoms with van der Waals surface area (Å²) in [4.78, 5) is 4.92. The minimum absolute atomic E-state index is 0.383. The molecule has 0 amide bonds. The first-order valence-corrected chi connectivity index (χ1v) is 4.73. The molecule has 4 nitrogen and oxygen atoms in total. The largest absolute Gasteiger partial charge is 0.396 e. The number of nitrogens with zero attached hydrogens (tertiary/aromatic N) is 1. The van der Waals surface area contributed by atoms with Gasteiger partial charge in [-0.1, -0.05) is 12.1 Å². The van der Waals surface area contributed by atoms with Crippen LogP contribution in [-0.4, -0.2) is 32.3 Å². The molecule has 0 aromatic carbocycles. The Bertz CT molecular complexity index is 122. The molecule has 0 aliphatic rings. The van der Waals surface area contributed by atoms with Crippen molar-refractivity contribution in [2.75, 3.05) is 19.8 Å². The van der Waals surface area contributed by atoms with Crippen LogP contribution in [0.4, 0.5) is 0 Å². The summed E-state index contributed by atoms with van der Waals surface area (Å²) in [7, 11) is 0. The first-order chi connectivity index (χ1) is 6.35. The van der Waals surface area contributed by atoms with Crippen LogP contribution in [0.5, 0.6) is 0 Å². The average Bonchev–Trinajstić information content (AvgIpc) is 2.13. The van der Waals surface area contributed by atoms with Crippen molar-refractivity contribution in [2.24, 2.45) is 5.16 Å². The summed E-state index contributed by atoms with van der Waals surface area (Å²) >= 11 is 0. The molecule has 0 saturated carbocycles. The third-order valence-corrected chi connectivity index (χ3v) is 1.21. The van der Waals surface area contributed by atoms with E-state index >= 15 is 0 Å². The van der Waals surface area contributed by atoms with Crippen LogP contribution in [-0.2, 0) is 14.3 Å². The van der Waals surface area contributed by atoms with E-state index in [0.717, 1.165) is 6.42 Å². The molecular formula is C9H19NO3. The van der Waals surface area contributed by atoms with Crippen LogP contribution in [0.1, 0.15) is 27.2 Å². The van der Waals surface area contributed by atoms with Crippen molar-refractivity contribution in [3.8, 4) is 0 Å². The first-order valence-electron chi connectivity index (χ1n) is 4.73. The lowest BCUT2D eigenvalue weighted by atomic mass is 10.5. The van der Waals surface area contributed by atoms with Gasteiger partial charge in [0.15, 0.2) is 6.29 Å². The Hall–Kier alpha value is -0.610. The van der Waals surface area contributed by atoms with E-state index in [1.807, 2.05) is 20.8 Å². The number of hydrogen-bond acceptors (Lipinski definition) is 4. The summed E-state index contributed by atoms with van der Waals surface area (Å²) in [5, 5.41) is 3.72. The van der Waals surface area contributed by atoms with E-state index in [1.54, 1.807) is 0 Å². The molecule has 0 aliphatic carbocycles. The number of rotatable bonds is 8. The van der Waals surface area contributed by atoms with E-state index < -0.39 is 0 Å². The van der Waals surface area contributed by atoms with E-state index in [0.29, 0.717) is 19.8 Å². The fourth-order valence-electron chi connectivity index (χ4n) is 0.699. The molecule has 0 bridgehead atoms. The van der Waals surface area contributed by atoms with Gasteiger partial charge in [0.05, 0.1) is 6.21 Å². The Morgan fingerprint density at radius 2 is 1.77 bits per heavy atom. The van der Waals surface area contributed by atoms with Gasteiger partial charge < -0.3 is 14.3 Å². The highest BCUT2D eigenvalue weighted by atomic mass is 16.7. The van der Waals surface area contributed by atoms with Gasteiger partial charge in [-0.3, -0.25) is 0 Å². The SMILES string of the molecule is CCCO/N=C\C(OCC)OCC. The van der Waals surface area contributed by atoms with Crippen molar-refractivity contribution < 1.29 is 14.3 Å². The summed E-state index contributed by atoms with van der Waals surface area (Å²) in [6.07, 6.45) is 2.10. The van der Waals surface area contributed by atoms with Crippen LogP contribution in [0.25, 0.3) is 0 Å². The number of hydrogen-bond donors (Lipinski definition) is 0. The number of oxime groups is 1. The molecular weight excluding hydrogens is 170 g/mol. The molecule has 0 saturated heterocycles. The van der Waals surface area contributed by atoms with Crippen molar-refractivity contribution in [2.45, 2.75) is 33.5 Å². The second-order valence-corrected chi connectivity index (χ2v) is 2.37. The minimum Gasteiger partial charge on any atom is -0.396 e. The van der Waals surface area contributed by atoms with Gasteiger partial charge in [-0.15, -0.1) is 0 Å². The van der Waals surface area contributed by atoms with Crippen LogP contribution >= 0.6 is 0 Å². The monoisotopic (exact) mass is 189 g/mol. The fourth-order valence-corrected chi connectivity index (χ4v) is 0.699. The quantitative estimate of drug-likeness (QED) is 0.253. The minimum atomic E-state index is -0.383. The molecule has 0 aliphatic heterocycles. The fraction of sp³-hybridized carbons (Fsp3) is 0.889. The van der Waals surface area contributed by atoms with Crippen molar-refractivity contribution in [3.05, 3.63) is 0 Å². The molecule has 0 radical (unpaired) electrons. The Morgan fingerprint density at radius 1 is 1.15 bits per heavy atom. The van der Waals surface area contributed by atoms with Gasteiger partial charge in [-0.05, 0) is 20.3 Å². The van der Waals surface area contributed by atoms with Crippen molar-refractivity contribution >= 4 is 6.21 Å². The molecule has 0 fully saturated rings. The lowest BCUT2D eigenvalue weighted by molar-refractivity contribution is -0.0884. The summed E-state index contributed by atoms with van der Waals surface area (Å²) in [6.45, 7) is 7.67. The maximum atomic E-state index is 5.21. The molecule has 0 N–H and O–H groups in total. The topological polar surface area (TPSA) is 40.0 Å². The molecule has 0 heterocycles. The maximum absolute atomic E-state index is 5.21. The molecule has 78 valence electrons. The lowest BCUT2D eigenvalue weighted by Crippen LogP contribution is -2.18. The second kappa shape index (κ2) is 9.48. The van der Waals surface area contributed by atoms with E-state index in [2.05, 4.69) is 5.16 Å². The van der Waals surface area contributed by atoms with Crippen LogP contribution in [0.2, 0.25) is 0 Å². The molecule has 0 aromatic heterocycles. The van der Waals surface area contributed by atoms with Gasteiger partial charge in [0.2, 0.25) is 0 Å². The van der Waals surface area contributed by atoms with Crippen LogP contribution in [0, 0.1) is 0 Å². The summed E-state index contributed by atoms with van der Waals surface area (Å²) in [5.41, 5.74) is 0. The molecule has 0 unspecified atom stereocenters. The molecule has 0 aromatic rings. The lowest BCUT2D eigenvalue weighted by Gasteiger charge is -2.10. The highest BCUT2D eigenvalue weighted by Gasteiger charge is 2.02. The van der Waals surface area contributed by atoms with Gasteiger partial charge in [0.1, 0.15) is 6.61 Å². The Balaban J connectivity index is 3.58. The standard InChI is InChI=1S/C9H19NO3/c1-4-7-13-10-8-9(11-5-2)12-6-3/h8-9H,4-7H2,1-3H3/b10-8-. The van der Waals surface area contributed by atoms with Gasteiger partial charge in [-0.25, -0.2) is 0 Å². The second-order valence-electron chi connectivity index (χ2n) is 2.37. The van der Waals surface area contributed by atoms with Crippen LogP contribution < -0.4 is 0 Å². The zero-order valence-corrected chi connectivity index (χ0v) is 8.66. The zero-order valence-electron chi connectivity index (χ0n) is 8.66. The Labute approximate surface area is 79.8 Å². The molecule has 0 atom stereocenters. The van der Waals surface area contributed by atoms with Crippen molar-refractivity contribution in [1.29, 1.82) is 0 Å². The van der Waals surface area contributed by atoms with E-state index in [9.17, 15) is 0 Å². The van der Waals surface area contributed by atoms with E-state index in [-0.39, 0.29) is 6.29 Å². The van der Waals surface area contributed by atoms with Gasteiger partial charge in [0, 0.05) is 13.2 Å². The Morgan fingerprint density at radius 3 is 2.23 bits per heavy atom. The summed E-state index contributed by atoms with van der Waals surface area (Å²) in [5.74, 6) is 0. The highest BCUT2D eigenvalue weighted by molar-refractivity contribution is 5.60. The van der Waals surface area contributed by atoms with Crippen LogP contribution in [0.3, 0.4) is 0 Å². The third-order valence-electron chi connectivity index (χ3n) is 1.21. The average molecular weight is 189 g/mol. The Kier molecular flexibility index (Phi) is 9.03. The number of ether oxygens (including phenoxy) is 2. The third kappa shape index (κ3) is 7.74. The zero-order chi connectivity index (χ0) is 9.94. The van der Waals surface area contributed by atoms with E-state index in [4.69, 9.17) is 14.3 Å². The van der Waals surface area contributed by atoms with Crippen molar-refractivity contribution in [1.82, 2.24) is 0 Å². The molecule has 0 rings (SSSR count). The van der Waals surface area contributed by atoms with Gasteiger partial charge in [0.25, 0.3) is 0 Å². The van der Waals surface area contributed by atoms with Crippen LogP contribution in [0.15, 0.2) is 5.16 Å². The molecule has 13 heavy (non-hydrogen) atoms. The van der Waals surface area contributed by atoms with Gasteiger partial charge >= 0.3 is 0 Å². The predicted molar refractivity (Wildman–Crippen MR) is 51.8 cm³/mol. The van der Waals surface area contributed by atoms with Crippen molar-refractivity contribution in [3.63, 3.8) is 0 Å². The molecule has 4 heteroatoms. The predicted octanol–water partition coefficient (Wildman–Crippen LogP) is 1.80. The summed E-state index contributed by atoms with van der Waals surface area (Å²) in [6, 6.07) is 0. The van der Waals surface area contributed by atoms with Gasteiger partial charge in [-0.2, -0.15) is 0 Å². The first kappa shape index (κ1) is 12.4. The smallest absolute Gasteiger partial charge is 0.197 e. The normalized spacial score (nSPS) is 11.4. The highest BCUT2D eigenvalue weighted by Crippen LogP contribution is 1.92. The maximum Gasteiger partial charge on any atom is 0.197 e.